The number of nitriles is 1. The smallest absolute Gasteiger partial charge is 0.258 e. The lowest BCUT2D eigenvalue weighted by molar-refractivity contribution is -0.384. The van der Waals surface area contributed by atoms with Gasteiger partial charge in [0.25, 0.3) is 5.69 Å². The molecule has 0 spiro atoms. The lowest BCUT2D eigenvalue weighted by Crippen LogP contribution is -1.88. The molecular weight excluding hydrogens is 298 g/mol. The fourth-order valence-corrected chi connectivity index (χ4v) is 2.96. The van der Waals surface area contributed by atoms with Gasteiger partial charge >= 0.3 is 0 Å². The van der Waals surface area contributed by atoms with Gasteiger partial charge in [-0.3, -0.25) is 10.1 Å². The number of non-ortho nitro benzene ring substituents is 1. The van der Waals surface area contributed by atoms with E-state index in [9.17, 15) is 15.4 Å². The van der Waals surface area contributed by atoms with E-state index in [1.807, 2.05) is 24.3 Å². The maximum absolute atomic E-state index is 10.8. The number of thiazole rings is 1. The summed E-state index contributed by atoms with van der Waals surface area (Å²) in [5.74, 6) is 0. The molecule has 0 aliphatic carbocycles. The summed E-state index contributed by atoms with van der Waals surface area (Å²) in [5.41, 5.74) is 1.82. The Morgan fingerprint density at radius 2 is 2.09 bits per heavy atom. The third kappa shape index (κ3) is 2.71. The summed E-state index contributed by atoms with van der Waals surface area (Å²) in [4.78, 5) is 14.8. The molecule has 22 heavy (non-hydrogen) atoms. The predicted octanol–water partition coefficient (Wildman–Crippen LogP) is 4.27. The summed E-state index contributed by atoms with van der Waals surface area (Å²) in [6.07, 6.45) is 1.62. The van der Waals surface area contributed by atoms with Crippen LogP contribution in [0.15, 0.2) is 48.5 Å². The first-order chi connectivity index (χ1) is 10.7. The minimum absolute atomic E-state index is 0.00432. The normalized spacial score (nSPS) is 11.3. The van der Waals surface area contributed by atoms with Gasteiger partial charge in [-0.15, -0.1) is 11.3 Å². The first-order valence-electron chi connectivity index (χ1n) is 6.39. The van der Waals surface area contributed by atoms with Gasteiger partial charge in [0.1, 0.15) is 11.1 Å². The number of allylic oxidation sites excluding steroid dienone is 1. The number of aromatic nitrogens is 1. The standard InChI is InChI=1S/C16H9N3O2S/c17-10-12(8-11-4-3-5-13(9-11)19(20)21)16-18-14-6-1-2-7-15(14)22-16/h1-9H/b12-8-. The predicted molar refractivity (Wildman–Crippen MR) is 86.2 cm³/mol. The van der Waals surface area contributed by atoms with Crippen LogP contribution in [-0.2, 0) is 0 Å². The van der Waals surface area contributed by atoms with Gasteiger partial charge in [0.2, 0.25) is 0 Å². The highest BCUT2D eigenvalue weighted by atomic mass is 32.1. The summed E-state index contributed by atoms with van der Waals surface area (Å²) in [7, 11) is 0. The highest BCUT2D eigenvalue weighted by Gasteiger charge is 2.10. The molecule has 3 aromatic rings. The molecule has 0 bridgehead atoms. The molecule has 0 fully saturated rings. The monoisotopic (exact) mass is 307 g/mol. The van der Waals surface area contributed by atoms with Crippen LogP contribution in [0.2, 0.25) is 0 Å². The van der Waals surface area contributed by atoms with Crippen molar-refractivity contribution in [2.75, 3.05) is 0 Å². The Morgan fingerprint density at radius 1 is 1.27 bits per heavy atom. The summed E-state index contributed by atoms with van der Waals surface area (Å²) in [5, 5.41) is 20.8. The fraction of sp³-hybridized carbons (Fsp3) is 0. The summed E-state index contributed by atoms with van der Waals surface area (Å²) < 4.78 is 0.998. The summed E-state index contributed by atoms with van der Waals surface area (Å²) in [6, 6.07) is 15.9. The molecule has 0 aliphatic rings. The zero-order valence-electron chi connectivity index (χ0n) is 11.3. The first kappa shape index (κ1) is 13.9. The van der Waals surface area contributed by atoms with E-state index in [0.717, 1.165) is 10.2 Å². The van der Waals surface area contributed by atoms with Gasteiger partial charge in [-0.1, -0.05) is 24.3 Å². The molecule has 3 rings (SSSR count). The van der Waals surface area contributed by atoms with Crippen LogP contribution in [0.3, 0.4) is 0 Å². The first-order valence-corrected chi connectivity index (χ1v) is 7.21. The van der Waals surface area contributed by atoms with E-state index < -0.39 is 4.92 Å². The lowest BCUT2D eigenvalue weighted by Gasteiger charge is -1.96. The number of nitrogens with zero attached hydrogens (tertiary/aromatic N) is 3. The second-order valence-corrected chi connectivity index (χ2v) is 5.54. The average Bonchev–Trinajstić information content (AvgIpc) is 2.96. The molecule has 0 N–H and O–H groups in total. The Bertz CT molecular complexity index is 905. The Morgan fingerprint density at radius 3 is 2.82 bits per heavy atom. The van der Waals surface area contributed by atoms with Gasteiger partial charge in [0.15, 0.2) is 0 Å². The van der Waals surface area contributed by atoms with Gasteiger partial charge in [-0.05, 0) is 23.8 Å². The van der Waals surface area contributed by atoms with Crippen LogP contribution in [0, 0.1) is 21.4 Å². The third-order valence-corrected chi connectivity index (χ3v) is 4.11. The topological polar surface area (TPSA) is 79.8 Å². The largest absolute Gasteiger partial charge is 0.270 e. The van der Waals surface area contributed by atoms with E-state index in [-0.39, 0.29) is 5.69 Å². The molecule has 1 heterocycles. The lowest BCUT2D eigenvalue weighted by atomic mass is 10.1. The molecule has 0 radical (unpaired) electrons. The van der Waals surface area contributed by atoms with Crippen LogP contribution in [0.5, 0.6) is 0 Å². The van der Waals surface area contributed by atoms with Crippen LogP contribution in [0.4, 0.5) is 5.69 Å². The number of nitro groups is 1. The van der Waals surface area contributed by atoms with E-state index >= 15 is 0 Å². The molecule has 2 aromatic carbocycles. The van der Waals surface area contributed by atoms with Crippen molar-refractivity contribution < 1.29 is 4.92 Å². The molecule has 6 heteroatoms. The summed E-state index contributed by atoms with van der Waals surface area (Å²) in [6.45, 7) is 0. The van der Waals surface area contributed by atoms with Gasteiger partial charge in [-0.2, -0.15) is 5.26 Å². The number of benzene rings is 2. The number of hydrogen-bond donors (Lipinski definition) is 0. The van der Waals surface area contributed by atoms with Crippen molar-refractivity contribution in [3.8, 4) is 6.07 Å². The minimum atomic E-state index is -0.457. The maximum atomic E-state index is 10.8. The van der Waals surface area contributed by atoms with Gasteiger partial charge in [0, 0.05) is 12.1 Å². The van der Waals surface area contributed by atoms with Crippen molar-refractivity contribution in [1.29, 1.82) is 5.26 Å². The number of fused-ring (bicyclic) bond motifs is 1. The van der Waals surface area contributed by atoms with Crippen LogP contribution in [-0.4, -0.2) is 9.91 Å². The molecule has 1 aromatic heterocycles. The maximum Gasteiger partial charge on any atom is 0.270 e. The second-order valence-electron chi connectivity index (χ2n) is 4.51. The zero-order valence-corrected chi connectivity index (χ0v) is 12.1. The van der Waals surface area contributed by atoms with Gasteiger partial charge in [-0.25, -0.2) is 4.98 Å². The molecule has 0 saturated carbocycles. The number of nitro benzene ring substituents is 1. The van der Waals surface area contributed by atoms with Gasteiger partial charge < -0.3 is 0 Å². The minimum Gasteiger partial charge on any atom is -0.258 e. The van der Waals surface area contributed by atoms with E-state index in [0.29, 0.717) is 16.1 Å². The quantitative estimate of drug-likeness (QED) is 0.411. The van der Waals surface area contributed by atoms with Crippen molar-refractivity contribution in [1.82, 2.24) is 4.98 Å². The van der Waals surface area contributed by atoms with E-state index in [4.69, 9.17) is 0 Å². The Kier molecular flexibility index (Phi) is 3.64. The molecule has 0 unspecified atom stereocenters. The van der Waals surface area contributed by atoms with E-state index in [1.54, 1.807) is 18.2 Å². The highest BCUT2D eigenvalue weighted by Crippen LogP contribution is 2.28. The van der Waals surface area contributed by atoms with Crippen molar-refractivity contribution in [3.63, 3.8) is 0 Å². The fourth-order valence-electron chi connectivity index (χ4n) is 2.02. The zero-order chi connectivity index (χ0) is 15.5. The summed E-state index contributed by atoms with van der Waals surface area (Å²) >= 11 is 1.42. The molecular formula is C16H9N3O2S. The van der Waals surface area contributed by atoms with Crippen LogP contribution >= 0.6 is 11.3 Å². The Balaban J connectivity index is 2.05. The molecule has 0 atom stereocenters. The second kappa shape index (κ2) is 5.76. The van der Waals surface area contributed by atoms with Crippen molar-refractivity contribution >= 4 is 38.9 Å². The number of hydrogen-bond acceptors (Lipinski definition) is 5. The molecule has 106 valence electrons. The van der Waals surface area contributed by atoms with Crippen LogP contribution in [0.25, 0.3) is 21.9 Å². The Labute approximate surface area is 129 Å². The van der Waals surface area contributed by atoms with E-state index in [1.165, 1.54) is 23.5 Å². The van der Waals surface area contributed by atoms with Crippen molar-refractivity contribution in [3.05, 3.63) is 69.2 Å². The number of rotatable bonds is 3. The van der Waals surface area contributed by atoms with E-state index in [2.05, 4.69) is 11.1 Å². The molecule has 0 aliphatic heterocycles. The average molecular weight is 307 g/mol. The van der Waals surface area contributed by atoms with Crippen molar-refractivity contribution in [2.24, 2.45) is 0 Å². The molecule has 0 amide bonds. The van der Waals surface area contributed by atoms with Crippen molar-refractivity contribution in [2.45, 2.75) is 0 Å². The molecule has 0 saturated heterocycles. The molecule has 5 nitrogen and oxygen atoms in total. The highest BCUT2D eigenvalue weighted by molar-refractivity contribution is 7.19. The van der Waals surface area contributed by atoms with Crippen LogP contribution < -0.4 is 0 Å². The number of para-hydroxylation sites is 1. The SMILES string of the molecule is N#C/C(=C/c1cccc([N+](=O)[O-])c1)c1nc2ccccc2s1. The van der Waals surface area contributed by atoms with Gasteiger partial charge in [0.05, 0.1) is 20.7 Å². The van der Waals surface area contributed by atoms with Crippen LogP contribution in [0.1, 0.15) is 10.6 Å². The Hall–Kier alpha value is -3.04. The third-order valence-electron chi connectivity index (χ3n) is 3.04.